The summed E-state index contributed by atoms with van der Waals surface area (Å²) in [6.07, 6.45) is 8.23. The van der Waals surface area contributed by atoms with Gasteiger partial charge in [-0.3, -0.25) is 0 Å². The topological polar surface area (TPSA) is 0 Å². The van der Waals surface area contributed by atoms with Crippen molar-refractivity contribution in [1.82, 2.24) is 0 Å². The van der Waals surface area contributed by atoms with Gasteiger partial charge in [-0.1, -0.05) is 13.8 Å². The van der Waals surface area contributed by atoms with E-state index in [1.807, 2.05) is 0 Å². The van der Waals surface area contributed by atoms with Crippen molar-refractivity contribution in [3.63, 3.8) is 0 Å². The van der Waals surface area contributed by atoms with Crippen molar-refractivity contribution >= 4 is 0 Å². The van der Waals surface area contributed by atoms with E-state index < -0.39 is 0 Å². The average molecular weight is 418 g/mol. The molecule has 0 radical (unpaired) electrons. The zero-order chi connectivity index (χ0) is 14.1. The Morgan fingerprint density at radius 2 is 0.800 bits per heavy atom. The molecule has 0 aliphatic heterocycles. The molecule has 0 aromatic carbocycles. The largest absolute Gasteiger partial charge is 1.00 e. The van der Waals surface area contributed by atoms with Gasteiger partial charge in [0, 0.05) is 0 Å². The van der Waals surface area contributed by atoms with Gasteiger partial charge in [-0.25, -0.2) is 0 Å². The molecule has 0 saturated carbocycles. The molecule has 0 aromatic rings. The molecule has 0 aliphatic carbocycles. The Hall–Kier alpha value is 0.880. The molecule has 0 aromatic heterocycles. The minimum absolute atomic E-state index is 0. The molecule has 0 atom stereocenters. The molecule has 20 heavy (non-hydrogen) atoms. The van der Waals surface area contributed by atoms with Crippen molar-refractivity contribution in [2.75, 3.05) is 54.4 Å². The molecule has 0 amide bonds. The van der Waals surface area contributed by atoms with E-state index in [9.17, 15) is 0 Å². The van der Waals surface area contributed by atoms with Gasteiger partial charge in [-0.2, -0.15) is 0 Å². The van der Waals surface area contributed by atoms with Crippen LogP contribution < -0.4 is 34.0 Å². The van der Waals surface area contributed by atoms with E-state index >= 15 is 0 Å². The molecular weight excluding hydrogens is 380 g/mol. The second kappa shape index (κ2) is 13.5. The fourth-order valence-corrected chi connectivity index (χ4v) is 2.87. The second-order valence-electron chi connectivity index (χ2n) is 7.18. The number of nitrogens with zero attached hydrogens (tertiary/aromatic N) is 2. The van der Waals surface area contributed by atoms with Gasteiger partial charge in [0.1, 0.15) is 0 Å². The van der Waals surface area contributed by atoms with Crippen LogP contribution in [0.4, 0.5) is 0 Å². The summed E-state index contributed by atoms with van der Waals surface area (Å²) < 4.78 is 2.40. The molecule has 0 saturated heterocycles. The highest BCUT2D eigenvalue weighted by Crippen LogP contribution is 2.09. The molecule has 0 rings (SSSR count). The van der Waals surface area contributed by atoms with Crippen molar-refractivity contribution in [2.45, 2.75) is 52.4 Å². The van der Waals surface area contributed by atoms with Crippen molar-refractivity contribution in [3.05, 3.63) is 0 Å². The van der Waals surface area contributed by atoms with Crippen LogP contribution in [-0.2, 0) is 0 Å². The third-order valence-electron chi connectivity index (χ3n) is 3.93. The van der Waals surface area contributed by atoms with E-state index in [2.05, 4.69) is 42.0 Å². The number of halogens is 2. The quantitative estimate of drug-likeness (QED) is 0.258. The lowest BCUT2D eigenvalue weighted by atomic mass is 10.1. The Morgan fingerprint density at radius 3 is 1.05 bits per heavy atom. The van der Waals surface area contributed by atoms with Crippen molar-refractivity contribution in [1.29, 1.82) is 0 Å². The SMILES string of the molecule is CCC[N+](C)(C)CCCCCC[N+](C)(C)CCC.[Br-].[Br-]. The molecule has 0 bridgehead atoms. The summed E-state index contributed by atoms with van der Waals surface area (Å²) in [5.74, 6) is 0. The van der Waals surface area contributed by atoms with Gasteiger partial charge in [0.25, 0.3) is 0 Å². The van der Waals surface area contributed by atoms with Crippen LogP contribution in [0, 0.1) is 0 Å². The zero-order valence-corrected chi connectivity index (χ0v) is 17.9. The molecule has 0 spiro atoms. The normalized spacial score (nSPS) is 11.7. The number of unbranched alkanes of at least 4 members (excludes halogenated alkanes) is 3. The zero-order valence-electron chi connectivity index (χ0n) is 14.7. The van der Waals surface area contributed by atoms with Crippen LogP contribution in [0.3, 0.4) is 0 Å². The Labute approximate surface area is 149 Å². The van der Waals surface area contributed by atoms with Crippen LogP contribution in [0.1, 0.15) is 52.4 Å². The van der Waals surface area contributed by atoms with Crippen LogP contribution in [0.15, 0.2) is 0 Å². The van der Waals surface area contributed by atoms with E-state index in [4.69, 9.17) is 0 Å². The molecule has 0 fully saturated rings. The van der Waals surface area contributed by atoms with Crippen molar-refractivity contribution < 1.29 is 42.9 Å². The van der Waals surface area contributed by atoms with Gasteiger partial charge >= 0.3 is 0 Å². The first-order chi connectivity index (χ1) is 8.33. The minimum Gasteiger partial charge on any atom is -1.00 e. The van der Waals surface area contributed by atoms with Crippen LogP contribution in [-0.4, -0.2) is 63.3 Å². The summed E-state index contributed by atoms with van der Waals surface area (Å²) >= 11 is 0. The number of hydrogen-bond acceptors (Lipinski definition) is 0. The van der Waals surface area contributed by atoms with Crippen molar-refractivity contribution in [2.24, 2.45) is 0 Å². The molecule has 0 aliphatic rings. The molecule has 0 unspecified atom stereocenters. The highest BCUT2D eigenvalue weighted by molar-refractivity contribution is 4.44. The smallest absolute Gasteiger partial charge is 0.0782 e. The second-order valence-corrected chi connectivity index (χ2v) is 7.18. The summed E-state index contributed by atoms with van der Waals surface area (Å²) in [7, 11) is 9.46. The first-order valence-corrected chi connectivity index (χ1v) is 7.97. The summed E-state index contributed by atoms with van der Waals surface area (Å²) in [5.41, 5.74) is 0. The van der Waals surface area contributed by atoms with E-state index in [1.165, 1.54) is 73.7 Å². The maximum Gasteiger partial charge on any atom is 0.0782 e. The Balaban J connectivity index is -0.00000144. The fraction of sp³-hybridized carbons (Fsp3) is 1.00. The van der Waals surface area contributed by atoms with Gasteiger partial charge < -0.3 is 42.9 Å². The summed E-state index contributed by atoms with van der Waals surface area (Å²) in [6.45, 7) is 9.91. The van der Waals surface area contributed by atoms with E-state index in [0.717, 1.165) is 0 Å². The third kappa shape index (κ3) is 15.3. The average Bonchev–Trinajstić information content (AvgIpc) is 2.22. The van der Waals surface area contributed by atoms with Gasteiger partial charge in [-0.15, -0.1) is 0 Å². The maximum atomic E-state index is 2.37. The lowest BCUT2D eigenvalue weighted by molar-refractivity contribution is -0.891. The number of hydrogen-bond donors (Lipinski definition) is 0. The number of rotatable bonds is 11. The van der Waals surface area contributed by atoms with Gasteiger partial charge in [-0.05, 0) is 38.5 Å². The van der Waals surface area contributed by atoms with Gasteiger partial charge in [0.2, 0.25) is 0 Å². The predicted molar refractivity (Wildman–Crippen MR) is 82.7 cm³/mol. The monoisotopic (exact) mass is 416 g/mol. The van der Waals surface area contributed by atoms with E-state index in [-0.39, 0.29) is 34.0 Å². The molecule has 126 valence electrons. The predicted octanol–water partition coefficient (Wildman–Crippen LogP) is -2.47. The molecule has 0 heterocycles. The molecular formula is C16H38Br2N2. The van der Waals surface area contributed by atoms with E-state index in [0.29, 0.717) is 0 Å². The first-order valence-electron chi connectivity index (χ1n) is 7.97. The Morgan fingerprint density at radius 1 is 0.500 bits per heavy atom. The van der Waals surface area contributed by atoms with Crippen LogP contribution in [0.2, 0.25) is 0 Å². The van der Waals surface area contributed by atoms with Gasteiger partial charge in [0.05, 0.1) is 54.4 Å². The highest BCUT2D eigenvalue weighted by Gasteiger charge is 2.14. The standard InChI is InChI=1S/C16H38N2.2BrH/c1-7-13-17(3,4)15-11-9-10-12-16-18(5,6)14-8-2;;/h7-16H2,1-6H3;2*1H/q+2;;/p-2. The maximum absolute atomic E-state index is 2.37. The van der Waals surface area contributed by atoms with Crippen molar-refractivity contribution in [3.8, 4) is 0 Å². The summed E-state index contributed by atoms with van der Waals surface area (Å²) in [6, 6.07) is 0. The minimum atomic E-state index is 0. The van der Waals surface area contributed by atoms with E-state index in [1.54, 1.807) is 0 Å². The fourth-order valence-electron chi connectivity index (χ4n) is 2.87. The first kappa shape index (κ1) is 25.8. The lowest BCUT2D eigenvalue weighted by Crippen LogP contribution is -3.00. The van der Waals surface area contributed by atoms with Crippen LogP contribution in [0.25, 0.3) is 0 Å². The number of quaternary nitrogens is 2. The Bertz CT molecular complexity index is 185. The summed E-state index contributed by atoms with van der Waals surface area (Å²) in [4.78, 5) is 0. The highest BCUT2D eigenvalue weighted by atomic mass is 79.9. The Kier molecular flexibility index (Phi) is 17.5. The lowest BCUT2D eigenvalue weighted by Gasteiger charge is -2.30. The van der Waals surface area contributed by atoms with Crippen LogP contribution >= 0.6 is 0 Å². The summed E-state index contributed by atoms with van der Waals surface area (Å²) in [5, 5.41) is 0. The van der Waals surface area contributed by atoms with Crippen LogP contribution in [0.5, 0.6) is 0 Å². The third-order valence-corrected chi connectivity index (χ3v) is 3.93. The van der Waals surface area contributed by atoms with Gasteiger partial charge in [0.15, 0.2) is 0 Å². The molecule has 0 N–H and O–H groups in total. The molecule has 4 heteroatoms. The molecule has 2 nitrogen and oxygen atoms in total.